The summed E-state index contributed by atoms with van der Waals surface area (Å²) >= 11 is 1.71. The van der Waals surface area contributed by atoms with E-state index in [2.05, 4.69) is 28.3 Å². The Labute approximate surface area is 115 Å². The molecule has 0 spiro atoms. The molecular formula is C15H13N3S. The highest BCUT2D eigenvalue weighted by molar-refractivity contribution is 7.10. The van der Waals surface area contributed by atoms with Gasteiger partial charge in [-0.2, -0.15) is 0 Å². The van der Waals surface area contributed by atoms with Crippen molar-refractivity contribution in [2.75, 3.05) is 5.73 Å². The fourth-order valence-corrected chi connectivity index (χ4v) is 2.60. The van der Waals surface area contributed by atoms with E-state index >= 15 is 0 Å². The minimum atomic E-state index is 0.493. The minimum absolute atomic E-state index is 0.493. The van der Waals surface area contributed by atoms with Crippen molar-refractivity contribution in [1.29, 1.82) is 0 Å². The zero-order valence-corrected chi connectivity index (χ0v) is 11.3. The maximum absolute atomic E-state index is 5.89. The molecule has 0 atom stereocenters. The Morgan fingerprint density at radius 3 is 2.47 bits per heavy atom. The summed E-state index contributed by atoms with van der Waals surface area (Å²) in [5, 5.41) is 2.09. The largest absolute Gasteiger partial charge is 0.384 e. The second kappa shape index (κ2) is 4.82. The molecule has 0 aliphatic rings. The van der Waals surface area contributed by atoms with Crippen LogP contribution >= 0.6 is 11.3 Å². The first-order valence-electron chi connectivity index (χ1n) is 5.98. The number of hydrogen-bond acceptors (Lipinski definition) is 4. The van der Waals surface area contributed by atoms with Gasteiger partial charge in [0.25, 0.3) is 0 Å². The van der Waals surface area contributed by atoms with Gasteiger partial charge in [0, 0.05) is 27.5 Å². The number of nitrogens with zero attached hydrogens (tertiary/aromatic N) is 2. The maximum Gasteiger partial charge on any atom is 0.162 e. The molecule has 0 aliphatic carbocycles. The van der Waals surface area contributed by atoms with E-state index in [-0.39, 0.29) is 0 Å². The molecule has 19 heavy (non-hydrogen) atoms. The number of nitrogens with two attached hydrogens (primary N) is 1. The Kier molecular flexibility index (Phi) is 3.01. The van der Waals surface area contributed by atoms with Crippen LogP contribution in [0.25, 0.3) is 22.6 Å². The minimum Gasteiger partial charge on any atom is -0.384 e. The topological polar surface area (TPSA) is 51.8 Å². The van der Waals surface area contributed by atoms with Crippen molar-refractivity contribution >= 4 is 17.2 Å². The standard InChI is InChI=1S/C15H13N3S/c1-10-7-12(9-19-10)13-8-14(16)18-15(17-13)11-5-3-2-4-6-11/h2-9H,1H3,(H2,16,17,18). The zero-order chi connectivity index (χ0) is 13.2. The first-order chi connectivity index (χ1) is 9.22. The Morgan fingerprint density at radius 1 is 1.00 bits per heavy atom. The number of nitrogen functional groups attached to an aromatic ring is 1. The lowest BCUT2D eigenvalue weighted by molar-refractivity contribution is 1.19. The van der Waals surface area contributed by atoms with Gasteiger partial charge in [-0.15, -0.1) is 11.3 Å². The van der Waals surface area contributed by atoms with E-state index in [9.17, 15) is 0 Å². The summed E-state index contributed by atoms with van der Waals surface area (Å²) in [6.07, 6.45) is 0. The van der Waals surface area contributed by atoms with Crippen molar-refractivity contribution in [3.63, 3.8) is 0 Å². The average molecular weight is 267 g/mol. The van der Waals surface area contributed by atoms with Gasteiger partial charge >= 0.3 is 0 Å². The van der Waals surface area contributed by atoms with Crippen LogP contribution in [0.15, 0.2) is 47.8 Å². The smallest absolute Gasteiger partial charge is 0.162 e. The number of hydrogen-bond donors (Lipinski definition) is 1. The van der Waals surface area contributed by atoms with Gasteiger partial charge in [0.2, 0.25) is 0 Å². The quantitative estimate of drug-likeness (QED) is 0.769. The Bertz CT molecular complexity index is 704. The molecule has 0 radical (unpaired) electrons. The molecule has 3 aromatic rings. The lowest BCUT2D eigenvalue weighted by Gasteiger charge is -2.04. The highest BCUT2D eigenvalue weighted by Gasteiger charge is 2.08. The predicted octanol–water partition coefficient (Wildman–Crippen LogP) is 3.76. The maximum atomic E-state index is 5.89. The Morgan fingerprint density at radius 2 is 1.79 bits per heavy atom. The summed E-state index contributed by atoms with van der Waals surface area (Å²) in [6.45, 7) is 2.08. The summed E-state index contributed by atoms with van der Waals surface area (Å²) in [4.78, 5) is 10.2. The van der Waals surface area contributed by atoms with E-state index in [1.54, 1.807) is 11.3 Å². The van der Waals surface area contributed by atoms with E-state index in [0.29, 0.717) is 11.6 Å². The van der Waals surface area contributed by atoms with Crippen molar-refractivity contribution in [2.24, 2.45) is 0 Å². The highest BCUT2D eigenvalue weighted by Crippen LogP contribution is 2.26. The summed E-state index contributed by atoms with van der Waals surface area (Å²) in [5.41, 5.74) is 8.83. The van der Waals surface area contributed by atoms with E-state index in [4.69, 9.17) is 5.73 Å². The van der Waals surface area contributed by atoms with Crippen molar-refractivity contribution in [3.05, 3.63) is 52.7 Å². The fourth-order valence-electron chi connectivity index (χ4n) is 1.91. The highest BCUT2D eigenvalue weighted by atomic mass is 32.1. The molecule has 1 aromatic carbocycles. The molecule has 0 bridgehead atoms. The molecule has 4 heteroatoms. The van der Waals surface area contributed by atoms with Gasteiger partial charge in [-0.1, -0.05) is 30.3 Å². The third-order valence-corrected chi connectivity index (χ3v) is 3.67. The first kappa shape index (κ1) is 11.9. The third-order valence-electron chi connectivity index (χ3n) is 2.80. The van der Waals surface area contributed by atoms with Crippen LogP contribution in [-0.4, -0.2) is 9.97 Å². The summed E-state index contributed by atoms with van der Waals surface area (Å²) in [5.74, 6) is 1.16. The van der Waals surface area contributed by atoms with Gasteiger partial charge < -0.3 is 5.73 Å². The van der Waals surface area contributed by atoms with Crippen LogP contribution in [0, 0.1) is 6.92 Å². The van der Waals surface area contributed by atoms with Gasteiger partial charge in [0.1, 0.15) is 5.82 Å². The second-order valence-corrected chi connectivity index (χ2v) is 5.43. The molecule has 2 N–H and O–H groups in total. The summed E-state index contributed by atoms with van der Waals surface area (Å²) < 4.78 is 0. The van der Waals surface area contributed by atoms with E-state index in [1.165, 1.54) is 4.88 Å². The summed E-state index contributed by atoms with van der Waals surface area (Å²) in [7, 11) is 0. The first-order valence-corrected chi connectivity index (χ1v) is 6.86. The molecule has 3 rings (SSSR count). The van der Waals surface area contributed by atoms with E-state index in [0.717, 1.165) is 16.8 Å². The molecule has 0 fully saturated rings. The normalized spacial score (nSPS) is 10.6. The average Bonchev–Trinajstić information content (AvgIpc) is 2.86. The monoisotopic (exact) mass is 267 g/mol. The third kappa shape index (κ3) is 2.48. The molecule has 94 valence electrons. The molecule has 2 aromatic heterocycles. The second-order valence-electron chi connectivity index (χ2n) is 4.31. The van der Waals surface area contributed by atoms with Crippen LogP contribution < -0.4 is 5.73 Å². The van der Waals surface area contributed by atoms with Crippen LogP contribution in [0.1, 0.15) is 4.88 Å². The SMILES string of the molecule is Cc1cc(-c2cc(N)nc(-c3ccccc3)n2)cs1. The number of thiophene rings is 1. The van der Waals surface area contributed by atoms with Gasteiger partial charge in [-0.05, 0) is 13.0 Å². The number of aryl methyl sites for hydroxylation is 1. The van der Waals surface area contributed by atoms with Crippen LogP contribution in [0.2, 0.25) is 0 Å². The van der Waals surface area contributed by atoms with Crippen LogP contribution in [-0.2, 0) is 0 Å². The predicted molar refractivity (Wildman–Crippen MR) is 79.9 cm³/mol. The lowest BCUT2D eigenvalue weighted by atomic mass is 10.2. The lowest BCUT2D eigenvalue weighted by Crippen LogP contribution is -1.97. The molecule has 0 saturated carbocycles. The molecule has 2 heterocycles. The van der Waals surface area contributed by atoms with E-state index in [1.807, 2.05) is 36.4 Å². The van der Waals surface area contributed by atoms with Crippen LogP contribution in [0.3, 0.4) is 0 Å². The van der Waals surface area contributed by atoms with Crippen molar-refractivity contribution in [2.45, 2.75) is 6.92 Å². The van der Waals surface area contributed by atoms with Crippen molar-refractivity contribution < 1.29 is 0 Å². The number of anilines is 1. The van der Waals surface area contributed by atoms with Gasteiger partial charge in [0.15, 0.2) is 5.82 Å². The van der Waals surface area contributed by atoms with Gasteiger partial charge in [-0.25, -0.2) is 9.97 Å². The zero-order valence-electron chi connectivity index (χ0n) is 10.5. The number of rotatable bonds is 2. The number of benzene rings is 1. The Hall–Kier alpha value is -2.20. The van der Waals surface area contributed by atoms with Crippen molar-refractivity contribution in [3.8, 4) is 22.6 Å². The molecular weight excluding hydrogens is 254 g/mol. The van der Waals surface area contributed by atoms with Gasteiger partial charge in [0.05, 0.1) is 5.69 Å². The molecule has 3 nitrogen and oxygen atoms in total. The van der Waals surface area contributed by atoms with Crippen molar-refractivity contribution in [1.82, 2.24) is 9.97 Å². The molecule has 0 unspecified atom stereocenters. The molecule has 0 saturated heterocycles. The van der Waals surface area contributed by atoms with E-state index < -0.39 is 0 Å². The summed E-state index contributed by atoms with van der Waals surface area (Å²) in [6, 6.07) is 13.8. The fraction of sp³-hybridized carbons (Fsp3) is 0.0667. The van der Waals surface area contributed by atoms with Gasteiger partial charge in [-0.3, -0.25) is 0 Å². The van der Waals surface area contributed by atoms with Crippen LogP contribution in [0.4, 0.5) is 5.82 Å². The number of aromatic nitrogens is 2. The van der Waals surface area contributed by atoms with Crippen LogP contribution in [0.5, 0.6) is 0 Å². The molecule has 0 aliphatic heterocycles. The molecule has 0 amide bonds. The Balaban J connectivity index is 2.11.